The lowest BCUT2D eigenvalue weighted by Crippen LogP contribution is -2.29. The number of carbonyl (C=O) groups is 2. The van der Waals surface area contributed by atoms with Crippen LogP contribution in [0.5, 0.6) is 5.75 Å². The Hall–Kier alpha value is -1.93. The van der Waals surface area contributed by atoms with Crippen LogP contribution in [0.3, 0.4) is 0 Å². The maximum atomic E-state index is 12.6. The Kier molecular flexibility index (Phi) is 15.5. The van der Waals surface area contributed by atoms with Crippen molar-refractivity contribution in [2.24, 2.45) is 5.92 Å². The van der Waals surface area contributed by atoms with Gasteiger partial charge in [0.25, 0.3) is 0 Å². The molecule has 2 unspecified atom stereocenters. The molecule has 1 aromatic carbocycles. The van der Waals surface area contributed by atoms with E-state index in [4.69, 9.17) is 9.29 Å². The number of benzene rings is 1. The Labute approximate surface area is 194 Å². The van der Waals surface area contributed by atoms with E-state index in [1.807, 2.05) is 0 Å². The number of carboxylic acid groups (broad SMARTS) is 1. The van der Waals surface area contributed by atoms with Crippen molar-refractivity contribution in [1.29, 1.82) is 0 Å². The second-order valence-electron chi connectivity index (χ2n) is 8.07. The van der Waals surface area contributed by atoms with Gasteiger partial charge < -0.3 is 19.7 Å². The van der Waals surface area contributed by atoms with Gasteiger partial charge in [0.1, 0.15) is 11.7 Å². The molecule has 0 spiro atoms. The Morgan fingerprint density at radius 3 is 2.22 bits per heavy atom. The van der Waals surface area contributed by atoms with Gasteiger partial charge in [-0.05, 0) is 31.4 Å². The molecule has 0 heterocycles. The van der Waals surface area contributed by atoms with Gasteiger partial charge in [0.15, 0.2) is 11.1 Å². The molecule has 2 atom stereocenters. The number of hydrogen-bond acceptors (Lipinski definition) is 4. The standard InChI is InChI=1S/C24H39NO6S/c1-2-3-4-5-6-7-8-9-10-15-20(24(27)28)23(26)25-21-16-11-12-17-22(21)31-18-13-14-19-32(29)30/h11-12,16-17,20H,2-10,13-15,18-19H2,1H3,(H,25,26)(H,27,28)(H,29,30). The minimum atomic E-state index is -1.81. The quantitative estimate of drug-likeness (QED) is 0.138. The van der Waals surface area contributed by atoms with E-state index in [2.05, 4.69) is 12.2 Å². The fraction of sp³-hybridized carbons (Fsp3) is 0.667. The molecule has 0 radical (unpaired) electrons. The van der Waals surface area contributed by atoms with E-state index in [0.29, 0.717) is 43.7 Å². The molecule has 182 valence electrons. The molecule has 7 nitrogen and oxygen atoms in total. The summed E-state index contributed by atoms with van der Waals surface area (Å²) in [5.74, 6) is -2.09. The Morgan fingerprint density at radius 2 is 1.59 bits per heavy atom. The highest BCUT2D eigenvalue weighted by Crippen LogP contribution is 2.25. The monoisotopic (exact) mass is 469 g/mol. The molecular formula is C24H39NO6S. The van der Waals surface area contributed by atoms with Gasteiger partial charge >= 0.3 is 5.97 Å². The first-order valence-corrected chi connectivity index (χ1v) is 13.1. The summed E-state index contributed by atoms with van der Waals surface area (Å²) in [5.41, 5.74) is 0.432. The third kappa shape index (κ3) is 12.8. The smallest absolute Gasteiger partial charge is 0.316 e. The molecule has 0 aromatic heterocycles. The van der Waals surface area contributed by atoms with Crippen LogP contribution in [0.25, 0.3) is 0 Å². The summed E-state index contributed by atoms with van der Waals surface area (Å²) in [5, 5.41) is 12.2. The van der Waals surface area contributed by atoms with Gasteiger partial charge in [-0.1, -0.05) is 76.8 Å². The zero-order valence-corrected chi connectivity index (χ0v) is 20.0. The number of aliphatic carboxylic acids is 1. The lowest BCUT2D eigenvalue weighted by molar-refractivity contribution is -0.145. The van der Waals surface area contributed by atoms with Gasteiger partial charge in [-0.25, -0.2) is 4.21 Å². The van der Waals surface area contributed by atoms with Crippen molar-refractivity contribution in [2.45, 2.75) is 84.0 Å². The average molecular weight is 470 g/mol. The number of nitrogens with one attached hydrogen (secondary N) is 1. The van der Waals surface area contributed by atoms with Crippen molar-refractivity contribution in [3.05, 3.63) is 24.3 Å². The van der Waals surface area contributed by atoms with Gasteiger partial charge in [0.2, 0.25) is 5.91 Å². The highest BCUT2D eigenvalue weighted by Gasteiger charge is 2.26. The number of amides is 1. The van der Waals surface area contributed by atoms with Crippen LogP contribution in [-0.4, -0.2) is 38.1 Å². The molecule has 0 saturated heterocycles. The largest absolute Gasteiger partial charge is 0.491 e. The van der Waals surface area contributed by atoms with Gasteiger partial charge in [0, 0.05) is 5.75 Å². The molecular weight excluding hydrogens is 430 g/mol. The summed E-state index contributed by atoms with van der Waals surface area (Å²) in [4.78, 5) is 24.3. The highest BCUT2D eigenvalue weighted by molar-refractivity contribution is 7.79. The Morgan fingerprint density at radius 1 is 0.969 bits per heavy atom. The second kappa shape index (κ2) is 17.6. The summed E-state index contributed by atoms with van der Waals surface area (Å²) >= 11 is -1.81. The number of para-hydroxylation sites is 2. The zero-order chi connectivity index (χ0) is 23.6. The molecule has 32 heavy (non-hydrogen) atoms. The second-order valence-corrected chi connectivity index (χ2v) is 9.13. The Balaban J connectivity index is 2.43. The molecule has 0 aliphatic carbocycles. The maximum Gasteiger partial charge on any atom is 0.316 e. The number of rotatable bonds is 19. The number of ether oxygens (including phenoxy) is 1. The van der Waals surface area contributed by atoms with E-state index >= 15 is 0 Å². The van der Waals surface area contributed by atoms with E-state index in [-0.39, 0.29) is 5.75 Å². The lowest BCUT2D eigenvalue weighted by Gasteiger charge is -2.16. The summed E-state index contributed by atoms with van der Waals surface area (Å²) in [6.07, 6.45) is 11.6. The number of unbranched alkanes of at least 4 members (excludes halogenated alkanes) is 9. The van der Waals surface area contributed by atoms with E-state index < -0.39 is 28.9 Å². The van der Waals surface area contributed by atoms with Crippen LogP contribution in [0, 0.1) is 5.92 Å². The van der Waals surface area contributed by atoms with Gasteiger partial charge in [-0.2, -0.15) is 0 Å². The fourth-order valence-electron chi connectivity index (χ4n) is 3.45. The predicted octanol–water partition coefficient (Wildman–Crippen LogP) is 5.63. The SMILES string of the molecule is CCCCCCCCCCCC(C(=O)O)C(=O)Nc1ccccc1OCCCCS(=O)O. The summed E-state index contributed by atoms with van der Waals surface area (Å²) in [7, 11) is 0. The van der Waals surface area contributed by atoms with Crippen LogP contribution in [0.15, 0.2) is 24.3 Å². The molecule has 0 fully saturated rings. The number of carboxylic acids is 1. The molecule has 0 aliphatic rings. The minimum absolute atomic E-state index is 0.195. The van der Waals surface area contributed by atoms with E-state index in [1.54, 1.807) is 24.3 Å². The van der Waals surface area contributed by atoms with Crippen LogP contribution in [0.1, 0.15) is 84.0 Å². The molecule has 1 amide bonds. The predicted molar refractivity (Wildman–Crippen MR) is 128 cm³/mol. The number of anilines is 1. The van der Waals surface area contributed by atoms with Crippen LogP contribution >= 0.6 is 0 Å². The third-order valence-corrected chi connectivity index (χ3v) is 5.96. The molecule has 1 aromatic rings. The van der Waals surface area contributed by atoms with Gasteiger partial charge in [-0.15, -0.1) is 0 Å². The molecule has 0 aliphatic heterocycles. The normalized spacial score (nSPS) is 12.8. The highest BCUT2D eigenvalue weighted by atomic mass is 32.2. The molecule has 0 bridgehead atoms. The molecule has 1 rings (SSSR count). The summed E-state index contributed by atoms with van der Waals surface area (Å²) < 4.78 is 25.1. The van der Waals surface area contributed by atoms with Crippen LogP contribution in [-0.2, 0) is 20.7 Å². The topological polar surface area (TPSA) is 113 Å². The van der Waals surface area contributed by atoms with Crippen LogP contribution in [0.4, 0.5) is 5.69 Å². The maximum absolute atomic E-state index is 12.6. The van der Waals surface area contributed by atoms with Crippen molar-refractivity contribution < 1.29 is 28.2 Å². The van der Waals surface area contributed by atoms with Crippen molar-refractivity contribution >= 4 is 28.6 Å². The van der Waals surface area contributed by atoms with Crippen molar-refractivity contribution in [1.82, 2.24) is 0 Å². The fourth-order valence-corrected chi connectivity index (χ4v) is 3.90. The lowest BCUT2D eigenvalue weighted by atomic mass is 9.99. The van der Waals surface area contributed by atoms with Crippen molar-refractivity contribution in [3.8, 4) is 5.75 Å². The number of carbonyl (C=O) groups excluding carboxylic acids is 1. The van der Waals surface area contributed by atoms with E-state index in [0.717, 1.165) is 19.3 Å². The van der Waals surface area contributed by atoms with Crippen molar-refractivity contribution in [3.63, 3.8) is 0 Å². The van der Waals surface area contributed by atoms with E-state index in [9.17, 15) is 18.9 Å². The van der Waals surface area contributed by atoms with E-state index in [1.165, 1.54) is 32.1 Å². The summed E-state index contributed by atoms with van der Waals surface area (Å²) in [6, 6.07) is 6.89. The van der Waals surface area contributed by atoms with Gasteiger partial charge in [0.05, 0.1) is 12.3 Å². The average Bonchev–Trinajstić information content (AvgIpc) is 2.75. The Bertz CT molecular complexity index is 697. The molecule has 8 heteroatoms. The first-order chi connectivity index (χ1) is 15.5. The third-order valence-electron chi connectivity index (χ3n) is 5.33. The number of hydrogen-bond donors (Lipinski definition) is 3. The summed E-state index contributed by atoms with van der Waals surface area (Å²) in [6.45, 7) is 2.54. The molecule has 3 N–H and O–H groups in total. The van der Waals surface area contributed by atoms with Crippen molar-refractivity contribution in [2.75, 3.05) is 17.7 Å². The first-order valence-electron chi connectivity index (χ1n) is 11.8. The molecule has 0 saturated carbocycles. The van der Waals surface area contributed by atoms with Gasteiger partial charge in [-0.3, -0.25) is 9.59 Å². The van der Waals surface area contributed by atoms with Crippen LogP contribution in [0.2, 0.25) is 0 Å². The zero-order valence-electron chi connectivity index (χ0n) is 19.2. The van der Waals surface area contributed by atoms with Crippen LogP contribution < -0.4 is 10.1 Å². The minimum Gasteiger partial charge on any atom is -0.491 e. The first kappa shape index (κ1) is 28.1.